The number of hydrogen-bond acceptors (Lipinski definition) is 4. The Kier molecular flexibility index (Phi) is 7.70. The molecule has 4 heteroatoms. The van der Waals surface area contributed by atoms with Crippen LogP contribution in [0, 0.1) is 25.7 Å². The van der Waals surface area contributed by atoms with E-state index in [2.05, 4.69) is 24.3 Å². The van der Waals surface area contributed by atoms with Crippen LogP contribution in [0.2, 0.25) is 0 Å². The highest BCUT2D eigenvalue weighted by atomic mass is 16.5. The number of benzene rings is 2. The van der Waals surface area contributed by atoms with Gasteiger partial charge in [0.25, 0.3) is 0 Å². The minimum absolute atomic E-state index is 0.250. The first-order valence-corrected chi connectivity index (χ1v) is 14.5. The van der Waals surface area contributed by atoms with Crippen molar-refractivity contribution in [1.82, 2.24) is 0 Å². The summed E-state index contributed by atoms with van der Waals surface area (Å²) >= 11 is 0. The number of phenolic OH excluding ortho intramolecular Hbond substituents is 2. The van der Waals surface area contributed by atoms with E-state index in [1.807, 2.05) is 27.7 Å². The zero-order valence-corrected chi connectivity index (χ0v) is 23.2. The molecule has 0 radical (unpaired) electrons. The lowest BCUT2D eigenvalue weighted by atomic mass is 9.58. The van der Waals surface area contributed by atoms with Gasteiger partial charge in [-0.25, -0.2) is 0 Å². The van der Waals surface area contributed by atoms with E-state index in [4.69, 9.17) is 9.47 Å². The summed E-state index contributed by atoms with van der Waals surface area (Å²) in [7, 11) is 0. The molecule has 0 heterocycles. The van der Waals surface area contributed by atoms with Crippen molar-refractivity contribution >= 4 is 0 Å². The van der Waals surface area contributed by atoms with Gasteiger partial charge in [-0.3, -0.25) is 0 Å². The fourth-order valence-electron chi connectivity index (χ4n) is 7.83. The molecule has 3 aliphatic carbocycles. The van der Waals surface area contributed by atoms with Gasteiger partial charge in [-0.2, -0.15) is 0 Å². The highest BCUT2D eigenvalue weighted by Crippen LogP contribution is 2.64. The number of aryl methyl sites for hydroxylation is 2. The smallest absolute Gasteiger partial charge is 0.124 e. The number of phenols is 2. The predicted molar refractivity (Wildman–Crippen MR) is 148 cm³/mol. The van der Waals surface area contributed by atoms with Crippen LogP contribution in [-0.4, -0.2) is 23.4 Å². The molecule has 2 aromatic rings. The highest BCUT2D eigenvalue weighted by molar-refractivity contribution is 5.61. The molecule has 2 atom stereocenters. The minimum atomic E-state index is -0.250. The molecule has 200 valence electrons. The Bertz CT molecular complexity index is 1110. The van der Waals surface area contributed by atoms with Crippen molar-refractivity contribution in [3.63, 3.8) is 0 Å². The summed E-state index contributed by atoms with van der Waals surface area (Å²) in [6.07, 6.45) is 9.90. The van der Waals surface area contributed by atoms with E-state index < -0.39 is 0 Å². The van der Waals surface area contributed by atoms with Crippen LogP contribution >= 0.6 is 0 Å². The zero-order chi connectivity index (χ0) is 26.2. The molecule has 2 aromatic carbocycles. The number of allylic oxidation sites excluding steroid dienone is 2. The number of hydrogen-bond donors (Lipinski definition) is 2. The van der Waals surface area contributed by atoms with Crippen LogP contribution in [0.1, 0.15) is 98.6 Å². The van der Waals surface area contributed by atoms with Crippen LogP contribution in [0.3, 0.4) is 0 Å². The Hall–Kier alpha value is -2.30. The molecule has 2 unspecified atom stereocenters. The van der Waals surface area contributed by atoms with E-state index in [0.717, 1.165) is 28.7 Å². The van der Waals surface area contributed by atoms with Gasteiger partial charge in [0, 0.05) is 29.8 Å². The Morgan fingerprint density at radius 2 is 1.30 bits per heavy atom. The molecular weight excluding hydrogens is 460 g/mol. The van der Waals surface area contributed by atoms with Crippen LogP contribution in [0.25, 0.3) is 0 Å². The summed E-state index contributed by atoms with van der Waals surface area (Å²) in [5.74, 6) is 1.82. The first kappa shape index (κ1) is 26.3. The van der Waals surface area contributed by atoms with E-state index in [-0.39, 0.29) is 5.41 Å². The molecule has 1 saturated carbocycles. The SMILES string of the molecule is CCOCc1cc(C2(c3cc(C)c(O)c(COCC)c3)C3=C(CCCC3)C3CCCCC32)cc(C)c1O. The summed E-state index contributed by atoms with van der Waals surface area (Å²) in [6.45, 7) is 10.1. The second-order valence-corrected chi connectivity index (χ2v) is 11.4. The van der Waals surface area contributed by atoms with Gasteiger partial charge in [0.15, 0.2) is 0 Å². The van der Waals surface area contributed by atoms with E-state index in [1.165, 1.54) is 56.1 Å². The zero-order valence-electron chi connectivity index (χ0n) is 23.2. The van der Waals surface area contributed by atoms with Gasteiger partial charge in [0.1, 0.15) is 11.5 Å². The Morgan fingerprint density at radius 3 is 1.86 bits per heavy atom. The standard InChI is InChI=1S/C33H44O4/c1-5-36-19-23-17-25(15-21(3)31(23)34)33(26-16-22(4)32(35)24(18-26)20-37-6-2)29-13-9-7-11-27(29)28-12-8-10-14-30(28)33/h15-18,27,29,34-35H,5-14,19-20H2,1-4H3. The van der Waals surface area contributed by atoms with Crippen LogP contribution in [0.5, 0.6) is 11.5 Å². The second-order valence-electron chi connectivity index (χ2n) is 11.4. The molecule has 0 bridgehead atoms. The molecule has 0 spiro atoms. The van der Waals surface area contributed by atoms with E-state index in [0.29, 0.717) is 49.8 Å². The van der Waals surface area contributed by atoms with E-state index in [1.54, 1.807) is 11.1 Å². The van der Waals surface area contributed by atoms with Gasteiger partial charge in [0.05, 0.1) is 13.2 Å². The van der Waals surface area contributed by atoms with Crippen LogP contribution in [0.15, 0.2) is 35.4 Å². The average molecular weight is 505 g/mol. The summed E-state index contributed by atoms with van der Waals surface area (Å²) in [6, 6.07) is 8.95. The largest absolute Gasteiger partial charge is 0.507 e. The van der Waals surface area contributed by atoms with Gasteiger partial charge in [-0.15, -0.1) is 0 Å². The topological polar surface area (TPSA) is 58.9 Å². The quantitative estimate of drug-likeness (QED) is 0.361. The monoisotopic (exact) mass is 504 g/mol. The fraction of sp³-hybridized carbons (Fsp3) is 0.576. The van der Waals surface area contributed by atoms with Gasteiger partial charge in [0.2, 0.25) is 0 Å². The molecule has 5 rings (SSSR count). The van der Waals surface area contributed by atoms with Crippen LogP contribution in [0.4, 0.5) is 0 Å². The number of fused-ring (bicyclic) bond motifs is 2. The molecule has 37 heavy (non-hydrogen) atoms. The summed E-state index contributed by atoms with van der Waals surface area (Å²) in [4.78, 5) is 0. The molecular formula is C33H44O4. The van der Waals surface area contributed by atoms with Crippen molar-refractivity contribution in [2.45, 2.75) is 97.7 Å². The third-order valence-electron chi connectivity index (χ3n) is 9.35. The van der Waals surface area contributed by atoms with Gasteiger partial charge >= 0.3 is 0 Å². The molecule has 0 aliphatic heterocycles. The lowest BCUT2D eigenvalue weighted by Crippen LogP contribution is -2.39. The minimum Gasteiger partial charge on any atom is -0.507 e. The third kappa shape index (κ3) is 4.40. The molecule has 4 nitrogen and oxygen atoms in total. The Balaban J connectivity index is 1.81. The van der Waals surface area contributed by atoms with Crippen molar-refractivity contribution in [2.24, 2.45) is 11.8 Å². The van der Waals surface area contributed by atoms with Crippen LogP contribution in [-0.2, 0) is 28.1 Å². The number of rotatable bonds is 8. The number of ether oxygens (including phenoxy) is 2. The van der Waals surface area contributed by atoms with Gasteiger partial charge in [-0.05, 0) is 112 Å². The van der Waals surface area contributed by atoms with Gasteiger partial charge < -0.3 is 19.7 Å². The van der Waals surface area contributed by atoms with E-state index in [9.17, 15) is 10.2 Å². The number of aromatic hydroxyl groups is 2. The summed E-state index contributed by atoms with van der Waals surface area (Å²) < 4.78 is 11.6. The Morgan fingerprint density at radius 1 is 0.757 bits per heavy atom. The Labute approximate surface area is 222 Å². The lowest BCUT2D eigenvalue weighted by Gasteiger charge is -2.44. The fourth-order valence-corrected chi connectivity index (χ4v) is 7.83. The van der Waals surface area contributed by atoms with Gasteiger partial charge in [-0.1, -0.05) is 36.1 Å². The summed E-state index contributed by atoms with van der Waals surface area (Å²) in [5, 5.41) is 22.0. The maximum Gasteiger partial charge on any atom is 0.124 e. The molecule has 1 fully saturated rings. The maximum atomic E-state index is 11.0. The van der Waals surface area contributed by atoms with Crippen molar-refractivity contribution in [3.8, 4) is 11.5 Å². The summed E-state index contributed by atoms with van der Waals surface area (Å²) in [5.41, 5.74) is 9.22. The first-order chi connectivity index (χ1) is 17.9. The second kappa shape index (κ2) is 10.8. The molecule has 0 aromatic heterocycles. The highest BCUT2D eigenvalue weighted by Gasteiger charge is 2.56. The first-order valence-electron chi connectivity index (χ1n) is 14.5. The van der Waals surface area contributed by atoms with Crippen molar-refractivity contribution in [2.75, 3.05) is 13.2 Å². The molecule has 3 aliphatic rings. The van der Waals surface area contributed by atoms with Crippen molar-refractivity contribution in [3.05, 3.63) is 68.8 Å². The molecule has 0 saturated heterocycles. The predicted octanol–water partition coefficient (Wildman–Crippen LogP) is 7.76. The normalized spacial score (nSPS) is 22.7. The third-order valence-corrected chi connectivity index (χ3v) is 9.35. The molecule has 0 amide bonds. The molecule has 2 N–H and O–H groups in total. The average Bonchev–Trinajstić information content (AvgIpc) is 3.21. The lowest BCUT2D eigenvalue weighted by molar-refractivity contribution is 0.131. The maximum absolute atomic E-state index is 11.0. The van der Waals surface area contributed by atoms with Crippen molar-refractivity contribution < 1.29 is 19.7 Å². The van der Waals surface area contributed by atoms with E-state index >= 15 is 0 Å². The van der Waals surface area contributed by atoms with Crippen molar-refractivity contribution in [1.29, 1.82) is 0 Å². The van der Waals surface area contributed by atoms with Crippen LogP contribution < -0.4 is 0 Å².